The highest BCUT2D eigenvalue weighted by Gasteiger charge is 2.43. The third kappa shape index (κ3) is 11.7. The Bertz CT molecular complexity index is 707. The fourth-order valence-electron chi connectivity index (χ4n) is 4.27. The van der Waals surface area contributed by atoms with Crippen molar-refractivity contribution in [3.63, 3.8) is 0 Å². The van der Waals surface area contributed by atoms with Crippen LogP contribution in [0.1, 0.15) is 77.6 Å². The maximum atomic E-state index is 12.8. The first-order valence-electron chi connectivity index (χ1n) is 12.1. The van der Waals surface area contributed by atoms with E-state index in [-0.39, 0.29) is 30.0 Å². The molecule has 0 aliphatic carbocycles. The highest BCUT2D eigenvalue weighted by atomic mass is 32.2. The molecule has 186 valence electrons. The van der Waals surface area contributed by atoms with Crippen LogP contribution in [0.5, 0.6) is 0 Å². The van der Waals surface area contributed by atoms with Crippen molar-refractivity contribution >= 4 is 21.7 Å². The number of allylic oxidation sites excluding steroid dienone is 2. The Morgan fingerprint density at radius 1 is 1.09 bits per heavy atom. The zero-order valence-corrected chi connectivity index (χ0v) is 20.4. The molecule has 0 aromatic heterocycles. The van der Waals surface area contributed by atoms with Crippen LogP contribution in [0.3, 0.4) is 0 Å². The van der Waals surface area contributed by atoms with E-state index in [0.717, 1.165) is 38.5 Å². The molecule has 1 aliphatic rings. The summed E-state index contributed by atoms with van der Waals surface area (Å²) in [5.41, 5.74) is 0. The summed E-state index contributed by atoms with van der Waals surface area (Å²) in [4.78, 5) is 17.1. The van der Waals surface area contributed by atoms with Crippen molar-refractivity contribution in [1.82, 2.24) is 0 Å². The Balaban J connectivity index is 2.37. The number of Topliss-reactive ketones (excluding diaryl/α,β-unsaturated/α-hetero) is 1. The summed E-state index contributed by atoms with van der Waals surface area (Å²) in [6.07, 6.45) is 14.8. The molecule has 0 amide bonds. The van der Waals surface area contributed by atoms with Crippen LogP contribution in [0.25, 0.3) is 0 Å². The van der Waals surface area contributed by atoms with Gasteiger partial charge in [0, 0.05) is 6.42 Å². The summed E-state index contributed by atoms with van der Waals surface area (Å²) >= 11 is 0. The van der Waals surface area contributed by atoms with E-state index < -0.39 is 22.0 Å². The van der Waals surface area contributed by atoms with Gasteiger partial charge in [-0.1, -0.05) is 51.2 Å². The Kier molecular flexibility index (Phi) is 14.1. The number of aliphatic imine (C=N–C) groups is 1. The van der Waals surface area contributed by atoms with Gasteiger partial charge >= 0.3 is 0 Å². The fraction of sp³-hybridized carbons (Fsp3) is 0.826. The van der Waals surface area contributed by atoms with Crippen LogP contribution < -0.4 is 0 Å². The SMILES string of the molecule is CCCCC/C=C/CCCCCCCC(=O)C1=NCC[N+]1(CCO)CC(O)CS(=O)(=O)O. The molecule has 0 aromatic rings. The first kappa shape index (κ1) is 28.9. The molecule has 1 aliphatic heterocycles. The standard InChI is InChI=1S/C23H42N2O6S/c1-2-3-4-5-6-7-8-9-10-11-12-13-14-22(28)23-24-15-16-25(23,17-18-26)19-21(27)20-32(29,30)31/h6-7,21,26-27H,2-5,8-20H2,1H3/p+1/b7-6+. The van der Waals surface area contributed by atoms with Gasteiger partial charge in [0.25, 0.3) is 16.0 Å². The number of ketones is 1. The molecule has 32 heavy (non-hydrogen) atoms. The van der Waals surface area contributed by atoms with Gasteiger partial charge in [-0.3, -0.25) is 13.8 Å². The summed E-state index contributed by atoms with van der Waals surface area (Å²) in [5, 5.41) is 19.6. The average Bonchev–Trinajstić information content (AvgIpc) is 3.10. The number of aliphatic hydroxyl groups is 2. The second-order valence-corrected chi connectivity index (χ2v) is 10.3. The van der Waals surface area contributed by atoms with Crippen molar-refractivity contribution in [3.05, 3.63) is 12.2 Å². The van der Waals surface area contributed by atoms with Crippen molar-refractivity contribution in [2.45, 2.75) is 83.7 Å². The van der Waals surface area contributed by atoms with Gasteiger partial charge in [-0.05, 0) is 32.1 Å². The lowest BCUT2D eigenvalue weighted by Gasteiger charge is -2.34. The summed E-state index contributed by atoms with van der Waals surface area (Å²) in [6, 6.07) is 0. The largest absolute Gasteiger partial charge is 0.390 e. The molecule has 0 radical (unpaired) electrons. The number of aliphatic hydroxyl groups excluding tert-OH is 2. The Hall–Kier alpha value is -1.13. The number of hydrogen-bond donors (Lipinski definition) is 3. The quantitative estimate of drug-likeness (QED) is 0.114. The van der Waals surface area contributed by atoms with Crippen molar-refractivity contribution in [3.8, 4) is 0 Å². The van der Waals surface area contributed by atoms with E-state index in [1.54, 1.807) is 0 Å². The Labute approximate surface area is 193 Å². The number of rotatable bonds is 19. The van der Waals surface area contributed by atoms with Crippen molar-refractivity contribution in [1.29, 1.82) is 0 Å². The summed E-state index contributed by atoms with van der Waals surface area (Å²) in [5.74, 6) is -0.597. The minimum atomic E-state index is -4.33. The van der Waals surface area contributed by atoms with Gasteiger partial charge in [0.05, 0.1) is 13.2 Å². The lowest BCUT2D eigenvalue weighted by atomic mass is 10.1. The Morgan fingerprint density at radius 3 is 2.34 bits per heavy atom. The second kappa shape index (κ2) is 15.7. The van der Waals surface area contributed by atoms with Gasteiger partial charge in [-0.15, -0.1) is 0 Å². The molecule has 8 nitrogen and oxygen atoms in total. The van der Waals surface area contributed by atoms with E-state index in [0.29, 0.717) is 25.3 Å². The van der Waals surface area contributed by atoms with Crippen LogP contribution in [0.2, 0.25) is 0 Å². The number of carbonyl (C=O) groups excluding carboxylic acids is 1. The van der Waals surface area contributed by atoms with Crippen LogP contribution in [0, 0.1) is 0 Å². The van der Waals surface area contributed by atoms with E-state index in [9.17, 15) is 23.4 Å². The number of hydrogen-bond acceptors (Lipinski definition) is 6. The first-order valence-corrected chi connectivity index (χ1v) is 13.7. The number of nitrogens with zero attached hydrogens (tertiary/aromatic N) is 2. The van der Waals surface area contributed by atoms with Crippen molar-refractivity contribution in [2.24, 2.45) is 4.99 Å². The third-order valence-corrected chi connectivity index (χ3v) is 6.70. The molecule has 2 atom stereocenters. The molecule has 9 heteroatoms. The normalized spacial score (nSPS) is 20.1. The van der Waals surface area contributed by atoms with E-state index in [1.165, 1.54) is 25.7 Å². The van der Waals surface area contributed by atoms with Gasteiger partial charge in [0.15, 0.2) is 0 Å². The van der Waals surface area contributed by atoms with Gasteiger partial charge < -0.3 is 10.2 Å². The van der Waals surface area contributed by atoms with Crippen LogP contribution in [-0.4, -0.2) is 83.9 Å². The van der Waals surface area contributed by atoms with E-state index in [4.69, 9.17) is 4.55 Å². The highest BCUT2D eigenvalue weighted by molar-refractivity contribution is 7.85. The maximum absolute atomic E-state index is 12.8. The molecular weight excluding hydrogens is 432 g/mol. The van der Waals surface area contributed by atoms with Gasteiger partial charge in [0.1, 0.15) is 31.5 Å². The summed E-state index contributed by atoms with van der Waals surface area (Å²) in [6.45, 7) is 2.93. The second-order valence-electron chi connectivity index (χ2n) is 8.80. The minimum absolute atomic E-state index is 0.0311. The lowest BCUT2D eigenvalue weighted by molar-refractivity contribution is -0.837. The van der Waals surface area contributed by atoms with Gasteiger partial charge in [-0.25, -0.2) is 4.99 Å². The van der Waals surface area contributed by atoms with Crippen LogP contribution in [0.15, 0.2) is 17.1 Å². The molecule has 3 N–H and O–H groups in total. The maximum Gasteiger partial charge on any atom is 0.267 e. The monoisotopic (exact) mass is 475 g/mol. The van der Waals surface area contributed by atoms with E-state index >= 15 is 0 Å². The van der Waals surface area contributed by atoms with Crippen molar-refractivity contribution < 1.29 is 32.5 Å². The molecule has 0 saturated carbocycles. The molecule has 2 unspecified atom stereocenters. The minimum Gasteiger partial charge on any atom is -0.390 e. The van der Waals surface area contributed by atoms with Gasteiger partial charge in [0.2, 0.25) is 5.78 Å². The van der Waals surface area contributed by atoms with E-state index in [2.05, 4.69) is 24.1 Å². The molecule has 1 heterocycles. The molecule has 0 fully saturated rings. The average molecular weight is 476 g/mol. The predicted octanol–water partition coefficient (Wildman–Crippen LogP) is 2.89. The van der Waals surface area contributed by atoms with E-state index in [1.807, 2.05) is 0 Å². The zero-order chi connectivity index (χ0) is 23.9. The molecule has 0 spiro atoms. The summed E-state index contributed by atoms with van der Waals surface area (Å²) < 4.78 is 31.1. The molecule has 0 saturated heterocycles. The zero-order valence-electron chi connectivity index (χ0n) is 19.6. The number of unbranched alkanes of at least 4 members (excludes halogenated alkanes) is 8. The van der Waals surface area contributed by atoms with Crippen LogP contribution in [-0.2, 0) is 14.9 Å². The third-order valence-electron chi connectivity index (χ3n) is 5.90. The molecule has 1 rings (SSSR count). The smallest absolute Gasteiger partial charge is 0.267 e. The first-order chi connectivity index (χ1) is 15.2. The lowest BCUT2D eigenvalue weighted by Crippen LogP contribution is -2.59. The number of quaternary nitrogens is 1. The fourth-order valence-corrected chi connectivity index (χ4v) is 4.86. The van der Waals surface area contributed by atoms with Gasteiger partial charge in [-0.2, -0.15) is 8.42 Å². The Morgan fingerprint density at radius 2 is 1.72 bits per heavy atom. The summed E-state index contributed by atoms with van der Waals surface area (Å²) in [7, 11) is -4.33. The van der Waals surface area contributed by atoms with Crippen LogP contribution >= 0.6 is 0 Å². The topological polar surface area (TPSA) is 124 Å². The van der Waals surface area contributed by atoms with Crippen LogP contribution in [0.4, 0.5) is 0 Å². The predicted molar refractivity (Wildman–Crippen MR) is 127 cm³/mol. The molecular formula is C23H43N2O6S+. The number of amidine groups is 1. The number of carbonyl (C=O) groups is 1. The molecule has 0 bridgehead atoms. The highest BCUT2D eigenvalue weighted by Crippen LogP contribution is 2.20. The van der Waals surface area contributed by atoms with Crippen molar-refractivity contribution in [2.75, 3.05) is 38.5 Å². The molecule has 0 aromatic carbocycles.